The molecule has 0 saturated carbocycles. The van der Waals surface area contributed by atoms with Crippen LogP contribution in [0.3, 0.4) is 0 Å². The van der Waals surface area contributed by atoms with Gasteiger partial charge in [0.25, 0.3) is 0 Å². The first kappa shape index (κ1) is 14.1. The van der Waals surface area contributed by atoms with Crippen molar-refractivity contribution >= 4 is 5.97 Å². The molecule has 0 aromatic carbocycles. The van der Waals surface area contributed by atoms with E-state index >= 15 is 0 Å². The third-order valence-corrected chi connectivity index (χ3v) is 2.71. The molecule has 0 spiro atoms. The van der Waals surface area contributed by atoms with Gasteiger partial charge in [0.15, 0.2) is 0 Å². The first-order valence-electron chi connectivity index (χ1n) is 6.08. The Morgan fingerprint density at radius 3 is 2.95 bits per heavy atom. The maximum absolute atomic E-state index is 11.3. The van der Waals surface area contributed by atoms with Crippen molar-refractivity contribution in [3.63, 3.8) is 0 Å². The first-order chi connectivity index (χ1) is 9.72. The van der Waals surface area contributed by atoms with Crippen LogP contribution in [-0.2, 0) is 17.8 Å². The zero-order valence-corrected chi connectivity index (χ0v) is 11.4. The molecule has 0 aliphatic rings. The maximum Gasteiger partial charge on any atom is 0.341 e. The Balaban J connectivity index is 1.86. The Morgan fingerprint density at radius 1 is 1.35 bits per heavy atom. The topological polar surface area (TPSA) is 73.6 Å². The number of methoxy groups -OCH3 is 2. The van der Waals surface area contributed by atoms with E-state index in [4.69, 9.17) is 9.15 Å². The number of ether oxygens (including phenoxy) is 2. The molecule has 0 radical (unpaired) electrons. The molecule has 1 N–H and O–H groups in total. The quantitative estimate of drug-likeness (QED) is 0.810. The summed E-state index contributed by atoms with van der Waals surface area (Å²) in [5.41, 5.74) is 1.46. The third kappa shape index (κ3) is 3.58. The molecular formula is C14H16N2O4. The Labute approximate surface area is 116 Å². The standard InChI is InChI=1S/C14H16N2O4/c1-18-13-5-10(3-4-16-13)7-15-8-12-6-11(9-20-12)14(17)19-2/h3-6,9,15H,7-8H2,1-2H3. The van der Waals surface area contributed by atoms with E-state index in [1.54, 1.807) is 19.4 Å². The highest BCUT2D eigenvalue weighted by Crippen LogP contribution is 2.10. The molecule has 6 heteroatoms. The number of nitrogens with zero attached hydrogens (tertiary/aromatic N) is 1. The average Bonchev–Trinajstić information content (AvgIpc) is 2.95. The van der Waals surface area contributed by atoms with Crippen LogP contribution in [0.2, 0.25) is 0 Å². The molecule has 20 heavy (non-hydrogen) atoms. The van der Waals surface area contributed by atoms with Gasteiger partial charge in [-0.3, -0.25) is 0 Å². The van der Waals surface area contributed by atoms with Crippen molar-refractivity contribution in [2.24, 2.45) is 0 Å². The van der Waals surface area contributed by atoms with Crippen LogP contribution in [0.1, 0.15) is 21.7 Å². The number of esters is 1. The molecule has 6 nitrogen and oxygen atoms in total. The molecular weight excluding hydrogens is 260 g/mol. The van der Waals surface area contributed by atoms with Crippen molar-refractivity contribution < 1.29 is 18.7 Å². The average molecular weight is 276 g/mol. The summed E-state index contributed by atoms with van der Waals surface area (Å²) < 4.78 is 14.9. The SMILES string of the molecule is COC(=O)c1coc(CNCc2ccnc(OC)c2)c1. The van der Waals surface area contributed by atoms with E-state index in [1.807, 2.05) is 12.1 Å². The number of rotatable bonds is 6. The Morgan fingerprint density at radius 2 is 2.20 bits per heavy atom. The van der Waals surface area contributed by atoms with Crippen molar-refractivity contribution in [1.29, 1.82) is 0 Å². The van der Waals surface area contributed by atoms with Gasteiger partial charge in [-0.15, -0.1) is 0 Å². The summed E-state index contributed by atoms with van der Waals surface area (Å²) in [6, 6.07) is 5.42. The number of nitrogens with one attached hydrogen (secondary N) is 1. The van der Waals surface area contributed by atoms with Crippen molar-refractivity contribution in [2.45, 2.75) is 13.1 Å². The van der Waals surface area contributed by atoms with Crippen LogP contribution in [-0.4, -0.2) is 25.2 Å². The molecule has 0 aliphatic heterocycles. The molecule has 0 fully saturated rings. The fraction of sp³-hybridized carbons (Fsp3) is 0.286. The van der Waals surface area contributed by atoms with Gasteiger partial charge in [-0.25, -0.2) is 9.78 Å². The van der Waals surface area contributed by atoms with E-state index in [0.29, 0.717) is 30.3 Å². The van der Waals surface area contributed by atoms with Gasteiger partial charge in [-0.05, 0) is 17.7 Å². The number of pyridine rings is 1. The van der Waals surface area contributed by atoms with Crippen LogP contribution in [0.15, 0.2) is 35.1 Å². The van der Waals surface area contributed by atoms with E-state index in [1.165, 1.54) is 13.4 Å². The first-order valence-corrected chi connectivity index (χ1v) is 6.08. The molecule has 2 heterocycles. The lowest BCUT2D eigenvalue weighted by atomic mass is 10.2. The van der Waals surface area contributed by atoms with Gasteiger partial charge >= 0.3 is 5.97 Å². The summed E-state index contributed by atoms with van der Waals surface area (Å²) in [6.07, 6.45) is 3.08. The Hall–Kier alpha value is -2.34. The molecule has 106 valence electrons. The van der Waals surface area contributed by atoms with E-state index < -0.39 is 5.97 Å². The van der Waals surface area contributed by atoms with Gasteiger partial charge in [0.05, 0.1) is 26.3 Å². The minimum Gasteiger partial charge on any atom is -0.481 e. The summed E-state index contributed by atoms with van der Waals surface area (Å²) in [5, 5.41) is 3.21. The number of aromatic nitrogens is 1. The van der Waals surface area contributed by atoms with Crippen molar-refractivity contribution in [2.75, 3.05) is 14.2 Å². The lowest BCUT2D eigenvalue weighted by molar-refractivity contribution is 0.0600. The van der Waals surface area contributed by atoms with Gasteiger partial charge < -0.3 is 19.2 Å². The van der Waals surface area contributed by atoms with E-state index in [-0.39, 0.29) is 0 Å². The summed E-state index contributed by atoms with van der Waals surface area (Å²) in [4.78, 5) is 15.3. The lowest BCUT2D eigenvalue weighted by Gasteiger charge is -2.04. The van der Waals surface area contributed by atoms with E-state index in [0.717, 1.165) is 5.56 Å². The predicted octanol–water partition coefficient (Wildman–Crippen LogP) is 1.76. The zero-order valence-electron chi connectivity index (χ0n) is 11.4. The minimum absolute atomic E-state index is 0.404. The summed E-state index contributed by atoms with van der Waals surface area (Å²) in [6.45, 7) is 1.16. The highest BCUT2D eigenvalue weighted by molar-refractivity contribution is 5.88. The maximum atomic E-state index is 11.3. The number of carbonyl (C=O) groups excluding carboxylic acids is 1. The summed E-state index contributed by atoms with van der Waals surface area (Å²) in [7, 11) is 2.92. The Bertz CT molecular complexity index is 580. The number of furan rings is 1. The van der Waals surface area contributed by atoms with Gasteiger partial charge in [-0.2, -0.15) is 0 Å². The monoisotopic (exact) mass is 276 g/mol. The molecule has 2 aromatic rings. The van der Waals surface area contributed by atoms with Crippen molar-refractivity contribution in [3.05, 3.63) is 47.5 Å². The second-order valence-electron chi connectivity index (χ2n) is 4.10. The fourth-order valence-corrected chi connectivity index (χ4v) is 1.70. The lowest BCUT2D eigenvalue weighted by Crippen LogP contribution is -2.12. The van der Waals surface area contributed by atoms with Crippen LogP contribution in [0.4, 0.5) is 0 Å². The highest BCUT2D eigenvalue weighted by atomic mass is 16.5. The molecule has 0 atom stereocenters. The Kier molecular flexibility index (Phi) is 4.73. The third-order valence-electron chi connectivity index (χ3n) is 2.71. The highest BCUT2D eigenvalue weighted by Gasteiger charge is 2.09. The normalized spacial score (nSPS) is 10.3. The van der Waals surface area contributed by atoms with Gasteiger partial charge in [-0.1, -0.05) is 0 Å². The van der Waals surface area contributed by atoms with E-state index in [9.17, 15) is 4.79 Å². The smallest absolute Gasteiger partial charge is 0.341 e. The van der Waals surface area contributed by atoms with Crippen molar-refractivity contribution in [3.8, 4) is 5.88 Å². The second-order valence-corrected chi connectivity index (χ2v) is 4.10. The molecule has 0 amide bonds. The summed E-state index contributed by atoms with van der Waals surface area (Å²) >= 11 is 0. The molecule has 0 aliphatic carbocycles. The van der Waals surface area contributed by atoms with Crippen LogP contribution in [0.5, 0.6) is 5.88 Å². The predicted molar refractivity (Wildman–Crippen MR) is 71.4 cm³/mol. The molecule has 0 bridgehead atoms. The van der Waals surface area contributed by atoms with Gasteiger partial charge in [0.1, 0.15) is 12.0 Å². The van der Waals surface area contributed by atoms with Gasteiger partial charge in [0, 0.05) is 18.8 Å². The number of hydrogen-bond acceptors (Lipinski definition) is 6. The van der Waals surface area contributed by atoms with Crippen LogP contribution in [0.25, 0.3) is 0 Å². The minimum atomic E-state index is -0.404. The molecule has 0 saturated heterocycles. The van der Waals surface area contributed by atoms with Gasteiger partial charge in [0.2, 0.25) is 5.88 Å². The van der Waals surface area contributed by atoms with E-state index in [2.05, 4.69) is 15.0 Å². The second kappa shape index (κ2) is 6.72. The molecule has 2 rings (SSSR count). The summed E-state index contributed by atoms with van der Waals surface area (Å²) in [5.74, 6) is 0.848. The molecule has 2 aromatic heterocycles. The largest absolute Gasteiger partial charge is 0.481 e. The number of carbonyl (C=O) groups is 1. The van der Waals surface area contributed by atoms with Crippen LogP contribution < -0.4 is 10.1 Å². The van der Waals surface area contributed by atoms with Crippen molar-refractivity contribution in [1.82, 2.24) is 10.3 Å². The van der Waals surface area contributed by atoms with Crippen LogP contribution in [0, 0.1) is 0 Å². The zero-order chi connectivity index (χ0) is 14.4. The van der Waals surface area contributed by atoms with Crippen LogP contribution >= 0.6 is 0 Å². The fourth-order valence-electron chi connectivity index (χ4n) is 1.70. The molecule has 0 unspecified atom stereocenters. The number of hydrogen-bond donors (Lipinski definition) is 1.